The molecule has 1 rings (SSSR count). The molecule has 0 aliphatic rings. The lowest BCUT2D eigenvalue weighted by molar-refractivity contribution is 0.324. The summed E-state index contributed by atoms with van der Waals surface area (Å²) in [6, 6.07) is 4.70. The first-order chi connectivity index (χ1) is 9.24. The molecular weight excluding hydrogens is 254 g/mol. The van der Waals surface area contributed by atoms with Crippen LogP contribution in [-0.2, 0) is 0 Å². The topological polar surface area (TPSA) is 28.2 Å². The Morgan fingerprint density at radius 3 is 2.47 bits per heavy atom. The third-order valence-electron chi connectivity index (χ3n) is 3.44. The lowest BCUT2D eigenvalue weighted by atomic mass is 10.1. The van der Waals surface area contributed by atoms with Gasteiger partial charge in [-0.25, -0.2) is 0 Å². The van der Waals surface area contributed by atoms with E-state index in [4.69, 9.17) is 0 Å². The summed E-state index contributed by atoms with van der Waals surface area (Å²) in [6.45, 7) is 10.0. The molecule has 0 fully saturated rings. The third-order valence-corrected chi connectivity index (χ3v) is 4.41. The normalized spacial score (nSPS) is 12.9. The molecule has 1 aromatic heterocycles. The van der Waals surface area contributed by atoms with Crippen LogP contribution in [0.25, 0.3) is 0 Å². The predicted octanol–water partition coefficient (Wildman–Crippen LogP) is 3.19. The van der Waals surface area contributed by atoms with Gasteiger partial charge in [-0.15, -0.1) is 11.8 Å². The highest BCUT2D eigenvalue weighted by Crippen LogP contribution is 2.20. The standard InChI is InChI=1S/C15H27N3S/c1-5-14(16-4)15-9-8-13(12-17-15)19-11-10-18(6-2)7-3/h8-9,12,14,16H,5-7,10-11H2,1-4H3. The smallest absolute Gasteiger partial charge is 0.0573 e. The quantitative estimate of drug-likeness (QED) is 0.704. The highest BCUT2D eigenvalue weighted by atomic mass is 32.2. The zero-order valence-corrected chi connectivity index (χ0v) is 13.5. The van der Waals surface area contributed by atoms with Gasteiger partial charge in [-0.3, -0.25) is 4.98 Å². The third kappa shape index (κ3) is 5.51. The van der Waals surface area contributed by atoms with Crippen LogP contribution in [0, 0.1) is 0 Å². The minimum Gasteiger partial charge on any atom is -0.312 e. The van der Waals surface area contributed by atoms with Gasteiger partial charge in [0.05, 0.1) is 5.69 Å². The zero-order chi connectivity index (χ0) is 14.1. The Morgan fingerprint density at radius 1 is 1.26 bits per heavy atom. The highest BCUT2D eigenvalue weighted by molar-refractivity contribution is 7.99. The maximum Gasteiger partial charge on any atom is 0.0573 e. The van der Waals surface area contributed by atoms with Crippen LogP contribution >= 0.6 is 11.8 Å². The summed E-state index contributed by atoms with van der Waals surface area (Å²) < 4.78 is 0. The molecule has 0 aromatic carbocycles. The number of thioether (sulfide) groups is 1. The molecular formula is C15H27N3S. The van der Waals surface area contributed by atoms with Crippen LogP contribution in [0.1, 0.15) is 38.9 Å². The second kappa shape index (κ2) is 9.34. The molecule has 0 saturated carbocycles. The van der Waals surface area contributed by atoms with E-state index >= 15 is 0 Å². The van der Waals surface area contributed by atoms with Crippen molar-refractivity contribution in [2.24, 2.45) is 0 Å². The molecule has 0 amide bonds. The number of nitrogens with one attached hydrogen (secondary N) is 1. The van der Waals surface area contributed by atoms with Gasteiger partial charge in [-0.05, 0) is 38.7 Å². The van der Waals surface area contributed by atoms with E-state index < -0.39 is 0 Å². The Hall–Kier alpha value is -0.580. The molecule has 1 N–H and O–H groups in total. The Balaban J connectivity index is 2.44. The van der Waals surface area contributed by atoms with Crippen LogP contribution in [0.3, 0.4) is 0 Å². The van der Waals surface area contributed by atoms with E-state index in [1.165, 1.54) is 4.90 Å². The molecule has 1 unspecified atom stereocenters. The first kappa shape index (κ1) is 16.5. The average molecular weight is 281 g/mol. The van der Waals surface area contributed by atoms with E-state index in [0.717, 1.165) is 37.5 Å². The molecule has 1 atom stereocenters. The molecule has 4 heteroatoms. The van der Waals surface area contributed by atoms with Crippen LogP contribution in [0.2, 0.25) is 0 Å². The number of pyridine rings is 1. The maximum atomic E-state index is 4.56. The second-order valence-corrected chi connectivity index (χ2v) is 5.71. The molecule has 3 nitrogen and oxygen atoms in total. The molecule has 1 heterocycles. The van der Waals surface area contributed by atoms with Crippen molar-refractivity contribution in [2.75, 3.05) is 32.4 Å². The van der Waals surface area contributed by atoms with Gasteiger partial charge in [-0.2, -0.15) is 0 Å². The number of nitrogens with zero attached hydrogens (tertiary/aromatic N) is 2. The Morgan fingerprint density at radius 2 is 2.00 bits per heavy atom. The summed E-state index contributed by atoms with van der Waals surface area (Å²) in [4.78, 5) is 8.27. The summed E-state index contributed by atoms with van der Waals surface area (Å²) >= 11 is 1.89. The maximum absolute atomic E-state index is 4.56. The van der Waals surface area contributed by atoms with Gasteiger partial charge in [0.1, 0.15) is 0 Å². The van der Waals surface area contributed by atoms with E-state index in [-0.39, 0.29) is 0 Å². The van der Waals surface area contributed by atoms with Crippen LogP contribution in [0.4, 0.5) is 0 Å². The minimum absolute atomic E-state index is 0.370. The van der Waals surface area contributed by atoms with Crippen molar-refractivity contribution in [3.63, 3.8) is 0 Å². The largest absolute Gasteiger partial charge is 0.312 e. The SMILES string of the molecule is CCC(NC)c1ccc(SCCN(CC)CC)cn1. The van der Waals surface area contributed by atoms with Crippen molar-refractivity contribution >= 4 is 11.8 Å². The fraction of sp³-hybridized carbons (Fsp3) is 0.667. The van der Waals surface area contributed by atoms with Crippen LogP contribution in [0.15, 0.2) is 23.2 Å². The van der Waals surface area contributed by atoms with Crippen molar-refractivity contribution < 1.29 is 0 Å². The second-order valence-electron chi connectivity index (χ2n) is 4.54. The van der Waals surface area contributed by atoms with E-state index in [9.17, 15) is 0 Å². The predicted molar refractivity (Wildman–Crippen MR) is 84.8 cm³/mol. The van der Waals surface area contributed by atoms with Gasteiger partial charge in [0.15, 0.2) is 0 Å². The summed E-state index contributed by atoms with van der Waals surface area (Å²) in [7, 11) is 1.99. The van der Waals surface area contributed by atoms with E-state index in [1.54, 1.807) is 0 Å². The summed E-state index contributed by atoms with van der Waals surface area (Å²) in [5, 5.41) is 3.28. The van der Waals surface area contributed by atoms with Gasteiger partial charge in [0, 0.05) is 29.4 Å². The lowest BCUT2D eigenvalue weighted by Gasteiger charge is -2.17. The molecule has 0 aliphatic heterocycles. The van der Waals surface area contributed by atoms with Crippen molar-refractivity contribution in [3.8, 4) is 0 Å². The average Bonchev–Trinajstić information content (AvgIpc) is 2.46. The van der Waals surface area contributed by atoms with Crippen molar-refractivity contribution in [2.45, 2.75) is 38.1 Å². The van der Waals surface area contributed by atoms with Crippen LogP contribution in [0.5, 0.6) is 0 Å². The van der Waals surface area contributed by atoms with Gasteiger partial charge in [-0.1, -0.05) is 20.8 Å². The van der Waals surface area contributed by atoms with Gasteiger partial charge >= 0.3 is 0 Å². The van der Waals surface area contributed by atoms with Crippen molar-refractivity contribution in [1.82, 2.24) is 15.2 Å². The van der Waals surface area contributed by atoms with Gasteiger partial charge in [0.2, 0.25) is 0 Å². The van der Waals surface area contributed by atoms with Crippen molar-refractivity contribution in [1.29, 1.82) is 0 Å². The van der Waals surface area contributed by atoms with Gasteiger partial charge in [0.25, 0.3) is 0 Å². The molecule has 108 valence electrons. The first-order valence-corrected chi connectivity index (χ1v) is 8.22. The van der Waals surface area contributed by atoms with Gasteiger partial charge < -0.3 is 10.2 Å². The monoisotopic (exact) mass is 281 g/mol. The number of hydrogen-bond donors (Lipinski definition) is 1. The van der Waals surface area contributed by atoms with E-state index in [0.29, 0.717) is 6.04 Å². The van der Waals surface area contributed by atoms with Crippen LogP contribution in [-0.4, -0.2) is 42.3 Å². The fourth-order valence-electron chi connectivity index (χ4n) is 2.08. The Kier molecular flexibility index (Phi) is 8.10. The molecule has 0 spiro atoms. The zero-order valence-electron chi connectivity index (χ0n) is 12.6. The number of aromatic nitrogens is 1. The Bertz CT molecular complexity index is 332. The number of rotatable bonds is 9. The van der Waals surface area contributed by atoms with Crippen LogP contribution < -0.4 is 5.32 Å². The first-order valence-electron chi connectivity index (χ1n) is 7.23. The van der Waals surface area contributed by atoms with E-state index in [1.807, 2.05) is 25.0 Å². The number of hydrogen-bond acceptors (Lipinski definition) is 4. The Labute approximate surface area is 122 Å². The molecule has 0 bridgehead atoms. The molecule has 0 radical (unpaired) electrons. The summed E-state index contributed by atoms with van der Waals surface area (Å²) in [5.41, 5.74) is 1.14. The van der Waals surface area contributed by atoms with Crippen molar-refractivity contribution in [3.05, 3.63) is 24.0 Å². The molecule has 0 saturated heterocycles. The minimum atomic E-state index is 0.370. The fourth-order valence-corrected chi connectivity index (χ4v) is 2.95. The summed E-state index contributed by atoms with van der Waals surface area (Å²) in [5.74, 6) is 1.13. The molecule has 1 aromatic rings. The molecule has 19 heavy (non-hydrogen) atoms. The lowest BCUT2D eigenvalue weighted by Crippen LogP contribution is -2.25. The highest BCUT2D eigenvalue weighted by Gasteiger charge is 2.07. The molecule has 0 aliphatic carbocycles. The summed E-state index contributed by atoms with van der Waals surface area (Å²) in [6.07, 6.45) is 3.07. The van der Waals surface area contributed by atoms with E-state index in [2.05, 4.69) is 48.1 Å².